The first-order chi connectivity index (χ1) is 9.55. The summed E-state index contributed by atoms with van der Waals surface area (Å²) in [5.74, 6) is 0.640. The molecule has 0 spiro atoms. The molecule has 0 radical (unpaired) electrons. The number of hydrogen-bond donors (Lipinski definition) is 1. The number of anilines is 2. The Hall–Kier alpha value is -1.89. The molecule has 0 fully saturated rings. The summed E-state index contributed by atoms with van der Waals surface area (Å²) in [5, 5.41) is 13.1. The van der Waals surface area contributed by atoms with Gasteiger partial charge in [-0.05, 0) is 36.8 Å². The van der Waals surface area contributed by atoms with Gasteiger partial charge in [0.25, 0.3) is 0 Å². The van der Waals surface area contributed by atoms with Crippen molar-refractivity contribution in [3.05, 3.63) is 51.5 Å². The van der Waals surface area contributed by atoms with E-state index in [0.29, 0.717) is 21.4 Å². The van der Waals surface area contributed by atoms with E-state index in [1.807, 2.05) is 19.1 Å². The fourth-order valence-corrected chi connectivity index (χ4v) is 2.15. The monoisotopic (exact) mass is 306 g/mol. The summed E-state index contributed by atoms with van der Waals surface area (Å²) in [4.78, 5) is 0. The normalized spacial score (nSPS) is 9.95. The summed E-state index contributed by atoms with van der Waals surface area (Å²) in [7, 11) is 1.58. The van der Waals surface area contributed by atoms with E-state index in [2.05, 4.69) is 5.32 Å². The summed E-state index contributed by atoms with van der Waals surface area (Å²) in [6.45, 7) is 1.92. The summed E-state index contributed by atoms with van der Waals surface area (Å²) in [6.07, 6.45) is 0. The molecule has 0 aliphatic rings. The second-order valence-corrected chi connectivity index (χ2v) is 5.05. The number of nitriles is 1. The zero-order valence-corrected chi connectivity index (χ0v) is 12.5. The van der Waals surface area contributed by atoms with E-state index < -0.39 is 0 Å². The maximum Gasteiger partial charge on any atom is 0.143 e. The number of rotatable bonds is 3. The van der Waals surface area contributed by atoms with Gasteiger partial charge in [-0.3, -0.25) is 0 Å². The number of benzene rings is 2. The number of methoxy groups -OCH3 is 1. The Morgan fingerprint density at radius 3 is 2.50 bits per heavy atom. The van der Waals surface area contributed by atoms with E-state index in [1.165, 1.54) is 0 Å². The lowest BCUT2D eigenvalue weighted by molar-refractivity contribution is 0.417. The minimum absolute atomic E-state index is 0.405. The Morgan fingerprint density at radius 1 is 1.15 bits per heavy atom. The molecule has 2 aromatic carbocycles. The van der Waals surface area contributed by atoms with E-state index in [0.717, 1.165) is 16.9 Å². The van der Waals surface area contributed by atoms with Gasteiger partial charge >= 0.3 is 0 Å². The number of aryl methyl sites for hydroxylation is 1. The average Bonchev–Trinajstić information content (AvgIpc) is 2.43. The van der Waals surface area contributed by atoms with Gasteiger partial charge in [-0.2, -0.15) is 5.26 Å². The van der Waals surface area contributed by atoms with Crippen LogP contribution in [-0.2, 0) is 0 Å². The molecule has 5 heteroatoms. The van der Waals surface area contributed by atoms with Gasteiger partial charge in [-0.15, -0.1) is 0 Å². The third-order valence-corrected chi connectivity index (χ3v) is 3.57. The third kappa shape index (κ3) is 2.98. The molecule has 102 valence electrons. The van der Waals surface area contributed by atoms with Crippen molar-refractivity contribution >= 4 is 34.6 Å². The van der Waals surface area contributed by atoms with Crippen molar-refractivity contribution in [3.8, 4) is 11.8 Å². The van der Waals surface area contributed by atoms with Gasteiger partial charge in [0.15, 0.2) is 0 Å². The first kappa shape index (κ1) is 14.5. The van der Waals surface area contributed by atoms with Crippen molar-refractivity contribution in [2.75, 3.05) is 12.4 Å². The van der Waals surface area contributed by atoms with Gasteiger partial charge in [0.05, 0.1) is 23.4 Å². The van der Waals surface area contributed by atoms with Crippen LogP contribution in [0.4, 0.5) is 11.4 Å². The summed E-state index contributed by atoms with van der Waals surface area (Å²) < 4.78 is 5.30. The molecular formula is C15H12Cl2N2O. The molecular weight excluding hydrogens is 295 g/mol. The van der Waals surface area contributed by atoms with Crippen molar-refractivity contribution in [1.82, 2.24) is 0 Å². The molecule has 0 heterocycles. The maximum atomic E-state index is 8.86. The number of halogens is 2. The number of nitrogens with zero attached hydrogens (tertiary/aromatic N) is 1. The lowest BCUT2D eigenvalue weighted by Gasteiger charge is -2.13. The van der Waals surface area contributed by atoms with Gasteiger partial charge in [0.2, 0.25) is 0 Å². The SMILES string of the molecule is COc1cc(Cl)c(C)cc1Nc1ccc(C#N)c(Cl)c1. The van der Waals surface area contributed by atoms with Crippen LogP contribution in [0, 0.1) is 18.3 Å². The molecule has 0 saturated carbocycles. The zero-order valence-electron chi connectivity index (χ0n) is 11.0. The van der Waals surface area contributed by atoms with Crippen LogP contribution in [0.25, 0.3) is 0 Å². The van der Waals surface area contributed by atoms with Crippen LogP contribution >= 0.6 is 23.2 Å². The van der Waals surface area contributed by atoms with Crippen molar-refractivity contribution < 1.29 is 4.74 Å². The first-order valence-electron chi connectivity index (χ1n) is 5.86. The van der Waals surface area contributed by atoms with Gasteiger partial charge in [0.1, 0.15) is 11.8 Å². The van der Waals surface area contributed by atoms with Crippen LogP contribution in [0.1, 0.15) is 11.1 Å². The highest BCUT2D eigenvalue weighted by Crippen LogP contribution is 2.33. The van der Waals surface area contributed by atoms with Crippen molar-refractivity contribution in [2.45, 2.75) is 6.92 Å². The van der Waals surface area contributed by atoms with Crippen LogP contribution < -0.4 is 10.1 Å². The minimum atomic E-state index is 0.405. The van der Waals surface area contributed by atoms with Crippen LogP contribution in [0.5, 0.6) is 5.75 Å². The molecule has 0 aromatic heterocycles. The highest BCUT2D eigenvalue weighted by molar-refractivity contribution is 6.32. The lowest BCUT2D eigenvalue weighted by Crippen LogP contribution is -1.96. The van der Waals surface area contributed by atoms with Crippen LogP contribution in [0.15, 0.2) is 30.3 Å². The molecule has 0 amide bonds. The van der Waals surface area contributed by atoms with E-state index in [1.54, 1.807) is 31.4 Å². The summed E-state index contributed by atoms with van der Waals surface area (Å²) >= 11 is 12.1. The van der Waals surface area contributed by atoms with Gasteiger partial charge in [-0.1, -0.05) is 23.2 Å². The van der Waals surface area contributed by atoms with E-state index in [9.17, 15) is 0 Å². The third-order valence-electron chi connectivity index (χ3n) is 2.85. The number of nitrogens with one attached hydrogen (secondary N) is 1. The topological polar surface area (TPSA) is 45.0 Å². The smallest absolute Gasteiger partial charge is 0.143 e. The Balaban J connectivity index is 2.37. The summed E-state index contributed by atoms with van der Waals surface area (Å²) in [5.41, 5.74) is 2.94. The molecule has 2 rings (SSSR count). The molecule has 20 heavy (non-hydrogen) atoms. The molecule has 0 unspecified atom stereocenters. The van der Waals surface area contributed by atoms with E-state index >= 15 is 0 Å². The van der Waals surface area contributed by atoms with Crippen LogP contribution in [0.2, 0.25) is 10.0 Å². The Bertz CT molecular complexity index is 693. The Labute approximate surface area is 127 Å². The zero-order chi connectivity index (χ0) is 14.7. The summed E-state index contributed by atoms with van der Waals surface area (Å²) in [6, 6.07) is 10.8. The predicted molar refractivity (Wildman–Crippen MR) is 82.2 cm³/mol. The maximum absolute atomic E-state index is 8.86. The fourth-order valence-electron chi connectivity index (χ4n) is 1.77. The highest BCUT2D eigenvalue weighted by atomic mass is 35.5. The first-order valence-corrected chi connectivity index (χ1v) is 6.61. The van der Waals surface area contributed by atoms with Crippen LogP contribution in [0.3, 0.4) is 0 Å². The second kappa shape index (κ2) is 6.04. The Morgan fingerprint density at radius 2 is 1.90 bits per heavy atom. The Kier molecular flexibility index (Phi) is 4.39. The van der Waals surface area contributed by atoms with Gasteiger partial charge in [0, 0.05) is 16.8 Å². The predicted octanol–water partition coefficient (Wildman–Crippen LogP) is 4.93. The molecule has 2 aromatic rings. The van der Waals surface area contributed by atoms with E-state index in [4.69, 9.17) is 33.2 Å². The number of hydrogen-bond acceptors (Lipinski definition) is 3. The molecule has 0 aliphatic heterocycles. The van der Waals surface area contributed by atoms with Crippen LogP contribution in [-0.4, -0.2) is 7.11 Å². The number of ether oxygens (including phenoxy) is 1. The average molecular weight is 307 g/mol. The molecule has 0 aliphatic carbocycles. The van der Waals surface area contributed by atoms with Crippen molar-refractivity contribution in [3.63, 3.8) is 0 Å². The quantitative estimate of drug-likeness (QED) is 0.875. The largest absolute Gasteiger partial charge is 0.495 e. The standard InChI is InChI=1S/C15H12Cl2N2O/c1-9-5-14(15(20-2)7-12(9)16)19-11-4-3-10(8-18)13(17)6-11/h3-7,19H,1-2H3. The highest BCUT2D eigenvalue weighted by Gasteiger charge is 2.08. The molecule has 0 bridgehead atoms. The van der Waals surface area contributed by atoms with Gasteiger partial charge < -0.3 is 10.1 Å². The molecule has 1 N–H and O–H groups in total. The lowest BCUT2D eigenvalue weighted by atomic mass is 10.1. The van der Waals surface area contributed by atoms with Crippen molar-refractivity contribution in [2.24, 2.45) is 0 Å². The molecule has 3 nitrogen and oxygen atoms in total. The van der Waals surface area contributed by atoms with Gasteiger partial charge in [-0.25, -0.2) is 0 Å². The van der Waals surface area contributed by atoms with E-state index in [-0.39, 0.29) is 0 Å². The molecule has 0 saturated heterocycles. The fraction of sp³-hybridized carbons (Fsp3) is 0.133. The molecule has 0 atom stereocenters. The minimum Gasteiger partial charge on any atom is -0.495 e. The second-order valence-electron chi connectivity index (χ2n) is 4.23. The van der Waals surface area contributed by atoms with Crippen molar-refractivity contribution in [1.29, 1.82) is 5.26 Å².